The van der Waals surface area contributed by atoms with Crippen LogP contribution < -0.4 is 15.8 Å². The van der Waals surface area contributed by atoms with Crippen LogP contribution in [0.1, 0.15) is 0 Å². The van der Waals surface area contributed by atoms with Crippen LogP contribution in [0.4, 0.5) is 5.69 Å². The van der Waals surface area contributed by atoms with Crippen molar-refractivity contribution in [1.29, 1.82) is 0 Å². The minimum Gasteiger partial charge on any atom is -0.489 e. The second-order valence-electron chi connectivity index (χ2n) is 6.16. The van der Waals surface area contributed by atoms with Crippen molar-refractivity contribution in [3.63, 3.8) is 0 Å². The molecule has 0 aliphatic rings. The van der Waals surface area contributed by atoms with Crippen molar-refractivity contribution in [2.24, 2.45) is 0 Å². The number of ether oxygens (including phenoxy) is 7. The standard InChI is InChI=1S/C21H38N2O7/c1-23-6-7-24-8-9-25-10-11-26-12-13-27-14-15-28-16-17-29-18-19-30-21-5-3-2-4-20(21)22/h2-5,23H,6-19,22H2,1H3. The maximum Gasteiger partial charge on any atom is 0.142 e. The lowest BCUT2D eigenvalue weighted by Crippen LogP contribution is -2.17. The Morgan fingerprint density at radius 1 is 0.600 bits per heavy atom. The van der Waals surface area contributed by atoms with Crippen LogP contribution in [0.15, 0.2) is 24.3 Å². The predicted octanol–water partition coefficient (Wildman–Crippen LogP) is 0.967. The van der Waals surface area contributed by atoms with E-state index >= 15 is 0 Å². The van der Waals surface area contributed by atoms with E-state index in [1.807, 2.05) is 25.2 Å². The molecule has 0 aliphatic carbocycles. The van der Waals surface area contributed by atoms with Crippen molar-refractivity contribution in [3.8, 4) is 5.75 Å². The molecule has 0 spiro atoms. The second-order valence-corrected chi connectivity index (χ2v) is 6.16. The maximum atomic E-state index is 5.79. The highest BCUT2D eigenvalue weighted by Crippen LogP contribution is 2.19. The van der Waals surface area contributed by atoms with Crippen LogP contribution in [-0.4, -0.2) is 99.5 Å². The quantitative estimate of drug-likeness (QED) is 0.206. The number of nitrogens with two attached hydrogens (primary N) is 1. The van der Waals surface area contributed by atoms with Crippen LogP contribution in [-0.2, 0) is 28.4 Å². The third-order valence-electron chi connectivity index (χ3n) is 3.76. The molecule has 0 bridgehead atoms. The molecule has 0 unspecified atom stereocenters. The first-order valence-corrected chi connectivity index (χ1v) is 10.4. The van der Waals surface area contributed by atoms with Crippen LogP contribution in [0.2, 0.25) is 0 Å². The Hall–Kier alpha value is -1.46. The molecule has 0 fully saturated rings. The van der Waals surface area contributed by atoms with Crippen molar-refractivity contribution in [1.82, 2.24) is 5.32 Å². The largest absolute Gasteiger partial charge is 0.489 e. The van der Waals surface area contributed by atoms with Gasteiger partial charge >= 0.3 is 0 Å². The van der Waals surface area contributed by atoms with Gasteiger partial charge in [-0.1, -0.05) is 12.1 Å². The van der Waals surface area contributed by atoms with Gasteiger partial charge in [0, 0.05) is 6.54 Å². The van der Waals surface area contributed by atoms with Crippen molar-refractivity contribution in [2.75, 3.05) is 105 Å². The van der Waals surface area contributed by atoms with E-state index in [4.69, 9.17) is 38.9 Å². The second kappa shape index (κ2) is 20.8. The van der Waals surface area contributed by atoms with Gasteiger partial charge in [0.15, 0.2) is 0 Å². The number of benzene rings is 1. The first-order chi connectivity index (χ1) is 14.8. The van der Waals surface area contributed by atoms with Crippen LogP contribution in [0.5, 0.6) is 5.75 Å². The van der Waals surface area contributed by atoms with E-state index in [-0.39, 0.29) is 0 Å². The zero-order valence-corrected chi connectivity index (χ0v) is 18.1. The summed E-state index contributed by atoms with van der Waals surface area (Å²) in [7, 11) is 1.90. The van der Waals surface area contributed by atoms with Gasteiger partial charge in [-0.2, -0.15) is 0 Å². The monoisotopic (exact) mass is 430 g/mol. The molecule has 30 heavy (non-hydrogen) atoms. The Bertz CT molecular complexity index is 494. The van der Waals surface area contributed by atoms with Gasteiger partial charge in [-0.25, -0.2) is 0 Å². The lowest BCUT2D eigenvalue weighted by Gasteiger charge is -2.09. The molecule has 0 aromatic heterocycles. The summed E-state index contributed by atoms with van der Waals surface area (Å²) in [4.78, 5) is 0. The third-order valence-corrected chi connectivity index (χ3v) is 3.76. The van der Waals surface area contributed by atoms with E-state index in [1.165, 1.54) is 0 Å². The summed E-state index contributed by atoms with van der Waals surface area (Å²) in [6, 6.07) is 7.39. The number of para-hydroxylation sites is 2. The van der Waals surface area contributed by atoms with Crippen LogP contribution in [0.3, 0.4) is 0 Å². The van der Waals surface area contributed by atoms with E-state index in [9.17, 15) is 0 Å². The molecule has 0 saturated carbocycles. The average molecular weight is 431 g/mol. The Kier molecular flexibility index (Phi) is 18.4. The number of rotatable bonds is 22. The van der Waals surface area contributed by atoms with E-state index in [0.717, 1.165) is 6.54 Å². The Morgan fingerprint density at radius 2 is 1.00 bits per heavy atom. The smallest absolute Gasteiger partial charge is 0.142 e. The van der Waals surface area contributed by atoms with Gasteiger partial charge in [-0.3, -0.25) is 0 Å². The summed E-state index contributed by atoms with van der Waals surface area (Å²) >= 11 is 0. The van der Waals surface area contributed by atoms with E-state index < -0.39 is 0 Å². The van der Waals surface area contributed by atoms with Crippen LogP contribution in [0, 0.1) is 0 Å². The average Bonchev–Trinajstić information content (AvgIpc) is 2.76. The summed E-state index contributed by atoms with van der Waals surface area (Å²) < 4.78 is 38.0. The summed E-state index contributed by atoms with van der Waals surface area (Å²) in [5, 5.41) is 3.01. The van der Waals surface area contributed by atoms with Crippen LogP contribution >= 0.6 is 0 Å². The summed E-state index contributed by atoms with van der Waals surface area (Å²) in [5.41, 5.74) is 6.42. The number of likely N-dealkylation sites (N-methyl/N-ethyl adjacent to an activating group) is 1. The lowest BCUT2D eigenvalue weighted by atomic mass is 10.3. The number of hydrogen-bond donors (Lipinski definition) is 2. The molecule has 1 aromatic rings. The van der Waals surface area contributed by atoms with E-state index in [1.54, 1.807) is 6.07 Å². The Labute approximate surface area is 180 Å². The molecule has 9 nitrogen and oxygen atoms in total. The van der Waals surface area contributed by atoms with Gasteiger partial charge < -0.3 is 44.2 Å². The van der Waals surface area contributed by atoms with Gasteiger partial charge in [0.2, 0.25) is 0 Å². The van der Waals surface area contributed by atoms with Gasteiger partial charge in [0.1, 0.15) is 12.4 Å². The highest BCUT2D eigenvalue weighted by atomic mass is 16.6. The molecule has 0 saturated heterocycles. The molecule has 0 atom stereocenters. The normalized spacial score (nSPS) is 11.1. The number of nitrogen functional groups attached to an aromatic ring is 1. The fourth-order valence-electron chi connectivity index (χ4n) is 2.20. The minimum atomic E-state index is 0.451. The zero-order valence-electron chi connectivity index (χ0n) is 18.1. The van der Waals surface area contributed by atoms with E-state index in [2.05, 4.69) is 5.32 Å². The minimum absolute atomic E-state index is 0.451. The molecular weight excluding hydrogens is 392 g/mol. The van der Waals surface area contributed by atoms with Crippen molar-refractivity contribution in [2.45, 2.75) is 0 Å². The zero-order chi connectivity index (χ0) is 21.5. The number of anilines is 1. The molecule has 1 rings (SSSR count). The maximum absolute atomic E-state index is 5.79. The molecule has 3 N–H and O–H groups in total. The molecule has 174 valence electrons. The molecule has 0 aliphatic heterocycles. The van der Waals surface area contributed by atoms with Crippen molar-refractivity contribution in [3.05, 3.63) is 24.3 Å². The lowest BCUT2D eigenvalue weighted by molar-refractivity contribution is -0.0176. The molecule has 9 heteroatoms. The number of nitrogens with one attached hydrogen (secondary N) is 1. The molecule has 0 heterocycles. The highest BCUT2D eigenvalue weighted by Gasteiger charge is 1.98. The molecular formula is C21H38N2O7. The van der Waals surface area contributed by atoms with Crippen molar-refractivity contribution < 1.29 is 33.2 Å². The van der Waals surface area contributed by atoms with Gasteiger partial charge in [0.05, 0.1) is 85.0 Å². The summed E-state index contributed by atoms with van der Waals surface area (Å²) in [6.07, 6.45) is 0. The Balaban J connectivity index is 1.70. The molecule has 0 radical (unpaired) electrons. The fraction of sp³-hybridized carbons (Fsp3) is 0.714. The summed E-state index contributed by atoms with van der Waals surface area (Å²) in [5.74, 6) is 0.677. The van der Waals surface area contributed by atoms with Gasteiger partial charge in [-0.05, 0) is 19.2 Å². The van der Waals surface area contributed by atoms with Gasteiger partial charge in [0.25, 0.3) is 0 Å². The summed E-state index contributed by atoms with van der Waals surface area (Å²) in [6.45, 7) is 7.93. The first-order valence-electron chi connectivity index (χ1n) is 10.4. The predicted molar refractivity (Wildman–Crippen MR) is 115 cm³/mol. The topological polar surface area (TPSA) is 103 Å². The van der Waals surface area contributed by atoms with Gasteiger partial charge in [-0.15, -0.1) is 0 Å². The Morgan fingerprint density at radius 3 is 1.43 bits per heavy atom. The van der Waals surface area contributed by atoms with Crippen LogP contribution in [0.25, 0.3) is 0 Å². The first kappa shape index (κ1) is 26.6. The van der Waals surface area contributed by atoms with Crippen molar-refractivity contribution >= 4 is 5.69 Å². The number of hydrogen-bond acceptors (Lipinski definition) is 9. The third kappa shape index (κ3) is 16.3. The highest BCUT2D eigenvalue weighted by molar-refractivity contribution is 5.51. The molecule has 0 amide bonds. The van der Waals surface area contributed by atoms with E-state index in [0.29, 0.717) is 97.3 Å². The fourth-order valence-corrected chi connectivity index (χ4v) is 2.20. The SMILES string of the molecule is CNCCOCCOCCOCCOCCOCCOCCOc1ccccc1N. The molecule has 1 aromatic carbocycles.